The Balaban J connectivity index is 2.33. The summed E-state index contributed by atoms with van der Waals surface area (Å²) in [6, 6.07) is 15.3. The van der Waals surface area contributed by atoms with Crippen molar-refractivity contribution in [3.05, 3.63) is 64.7 Å². The first kappa shape index (κ1) is 15.4. The van der Waals surface area contributed by atoms with Crippen molar-refractivity contribution in [2.45, 2.75) is 19.9 Å². The molecule has 4 heteroatoms. The molecule has 2 aromatic rings. The van der Waals surface area contributed by atoms with Gasteiger partial charge in [-0.15, -0.1) is 0 Å². The molecule has 0 heterocycles. The molecule has 3 N–H and O–H groups in total. The molecular formula is C17H19ClN2O. The van der Waals surface area contributed by atoms with Crippen LogP contribution in [0.5, 0.6) is 0 Å². The van der Waals surface area contributed by atoms with Crippen molar-refractivity contribution >= 4 is 23.2 Å². The second kappa shape index (κ2) is 6.64. The SMILES string of the molecule is CC(C)C(Nc1cc(C(N)=O)ccc1Cl)c1ccccc1. The lowest BCUT2D eigenvalue weighted by atomic mass is 9.95. The van der Waals surface area contributed by atoms with Gasteiger partial charge < -0.3 is 11.1 Å². The molecule has 3 nitrogen and oxygen atoms in total. The minimum absolute atomic E-state index is 0.104. The Bertz CT molecular complexity index is 626. The van der Waals surface area contributed by atoms with E-state index < -0.39 is 5.91 Å². The molecule has 0 saturated heterocycles. The van der Waals surface area contributed by atoms with E-state index >= 15 is 0 Å². The van der Waals surface area contributed by atoms with Crippen molar-refractivity contribution in [3.8, 4) is 0 Å². The van der Waals surface area contributed by atoms with E-state index in [0.717, 1.165) is 5.69 Å². The normalized spacial score (nSPS) is 12.2. The Morgan fingerprint density at radius 2 is 1.81 bits per heavy atom. The van der Waals surface area contributed by atoms with Crippen molar-refractivity contribution in [1.82, 2.24) is 0 Å². The summed E-state index contributed by atoms with van der Waals surface area (Å²) in [5, 5.41) is 3.99. The molecule has 21 heavy (non-hydrogen) atoms. The molecule has 0 aliphatic rings. The Kier molecular flexibility index (Phi) is 4.86. The van der Waals surface area contributed by atoms with Gasteiger partial charge in [-0.1, -0.05) is 55.8 Å². The maximum Gasteiger partial charge on any atom is 0.248 e. The summed E-state index contributed by atoms with van der Waals surface area (Å²) in [5.41, 5.74) is 7.66. The van der Waals surface area contributed by atoms with Gasteiger partial charge in [0.25, 0.3) is 0 Å². The van der Waals surface area contributed by atoms with Gasteiger partial charge in [0.15, 0.2) is 0 Å². The molecule has 0 aliphatic carbocycles. The molecule has 0 fully saturated rings. The van der Waals surface area contributed by atoms with Crippen LogP contribution in [0.1, 0.15) is 35.8 Å². The highest BCUT2D eigenvalue weighted by molar-refractivity contribution is 6.33. The highest BCUT2D eigenvalue weighted by Crippen LogP contribution is 2.31. The Labute approximate surface area is 130 Å². The fourth-order valence-electron chi connectivity index (χ4n) is 2.25. The summed E-state index contributed by atoms with van der Waals surface area (Å²) in [5.74, 6) is -0.101. The van der Waals surface area contributed by atoms with Gasteiger partial charge in [-0.05, 0) is 29.7 Å². The Morgan fingerprint density at radius 1 is 1.14 bits per heavy atom. The van der Waals surface area contributed by atoms with Crippen LogP contribution in [-0.4, -0.2) is 5.91 Å². The number of hydrogen-bond acceptors (Lipinski definition) is 2. The van der Waals surface area contributed by atoms with Crippen LogP contribution in [0.4, 0.5) is 5.69 Å². The van der Waals surface area contributed by atoms with Crippen LogP contribution >= 0.6 is 11.6 Å². The largest absolute Gasteiger partial charge is 0.377 e. The Hall–Kier alpha value is -2.00. The highest BCUT2D eigenvalue weighted by Gasteiger charge is 2.17. The molecular weight excluding hydrogens is 284 g/mol. The van der Waals surface area contributed by atoms with E-state index in [0.29, 0.717) is 16.5 Å². The third-order valence-electron chi connectivity index (χ3n) is 3.39. The van der Waals surface area contributed by atoms with E-state index in [1.807, 2.05) is 18.2 Å². The third kappa shape index (κ3) is 3.76. The van der Waals surface area contributed by atoms with Crippen molar-refractivity contribution < 1.29 is 4.79 Å². The number of hydrogen-bond donors (Lipinski definition) is 2. The van der Waals surface area contributed by atoms with Gasteiger partial charge in [-0.3, -0.25) is 4.79 Å². The van der Waals surface area contributed by atoms with Gasteiger partial charge in [0.2, 0.25) is 5.91 Å². The van der Waals surface area contributed by atoms with Gasteiger partial charge >= 0.3 is 0 Å². The molecule has 2 rings (SSSR count). The molecule has 110 valence electrons. The number of primary amides is 1. The topological polar surface area (TPSA) is 55.1 Å². The minimum Gasteiger partial charge on any atom is -0.377 e. The van der Waals surface area contributed by atoms with E-state index in [2.05, 4.69) is 31.3 Å². The average molecular weight is 303 g/mol. The monoisotopic (exact) mass is 302 g/mol. The second-order valence-corrected chi connectivity index (χ2v) is 5.74. The molecule has 1 unspecified atom stereocenters. The van der Waals surface area contributed by atoms with E-state index in [1.165, 1.54) is 5.56 Å². The fourth-order valence-corrected chi connectivity index (χ4v) is 2.42. The zero-order chi connectivity index (χ0) is 15.4. The number of benzene rings is 2. The van der Waals surface area contributed by atoms with Crippen molar-refractivity contribution in [3.63, 3.8) is 0 Å². The number of nitrogens with two attached hydrogens (primary N) is 1. The van der Waals surface area contributed by atoms with Crippen molar-refractivity contribution in [2.24, 2.45) is 11.7 Å². The molecule has 0 bridgehead atoms. The number of anilines is 1. The third-order valence-corrected chi connectivity index (χ3v) is 3.72. The van der Waals surface area contributed by atoms with Gasteiger partial charge in [0.1, 0.15) is 0 Å². The fraction of sp³-hybridized carbons (Fsp3) is 0.235. The molecule has 0 aliphatic heterocycles. The molecule has 1 amide bonds. The van der Waals surface area contributed by atoms with Crippen LogP contribution in [0.25, 0.3) is 0 Å². The van der Waals surface area contributed by atoms with Crippen LogP contribution in [0.2, 0.25) is 5.02 Å². The van der Waals surface area contributed by atoms with Crippen LogP contribution in [-0.2, 0) is 0 Å². The second-order valence-electron chi connectivity index (χ2n) is 5.34. The zero-order valence-electron chi connectivity index (χ0n) is 12.1. The van der Waals surface area contributed by atoms with Crippen LogP contribution < -0.4 is 11.1 Å². The minimum atomic E-state index is -0.462. The van der Waals surface area contributed by atoms with Gasteiger partial charge in [0.05, 0.1) is 16.8 Å². The predicted molar refractivity (Wildman–Crippen MR) is 87.6 cm³/mol. The average Bonchev–Trinajstić information content (AvgIpc) is 2.46. The van der Waals surface area contributed by atoms with Gasteiger partial charge in [-0.2, -0.15) is 0 Å². The predicted octanol–water partition coefficient (Wildman–Crippen LogP) is 4.25. The first-order valence-electron chi connectivity index (χ1n) is 6.90. The lowest BCUT2D eigenvalue weighted by Crippen LogP contribution is -2.18. The van der Waals surface area contributed by atoms with Gasteiger partial charge in [-0.25, -0.2) is 0 Å². The maximum atomic E-state index is 11.3. The van der Waals surface area contributed by atoms with E-state index in [-0.39, 0.29) is 6.04 Å². The standard InChI is InChI=1S/C17H19ClN2O/c1-11(2)16(12-6-4-3-5-7-12)20-15-10-13(17(19)21)8-9-14(15)18/h3-11,16,20H,1-2H3,(H2,19,21). The maximum absolute atomic E-state index is 11.3. The summed E-state index contributed by atoms with van der Waals surface area (Å²) in [6.07, 6.45) is 0. The summed E-state index contributed by atoms with van der Waals surface area (Å²) < 4.78 is 0. The lowest BCUT2D eigenvalue weighted by molar-refractivity contribution is 0.100. The number of amides is 1. The summed E-state index contributed by atoms with van der Waals surface area (Å²) in [6.45, 7) is 4.27. The number of rotatable bonds is 5. The van der Waals surface area contributed by atoms with Crippen molar-refractivity contribution in [1.29, 1.82) is 0 Å². The number of nitrogens with one attached hydrogen (secondary N) is 1. The van der Waals surface area contributed by atoms with Crippen molar-refractivity contribution in [2.75, 3.05) is 5.32 Å². The molecule has 0 spiro atoms. The lowest BCUT2D eigenvalue weighted by Gasteiger charge is -2.25. The van der Waals surface area contributed by atoms with Crippen LogP contribution in [0.15, 0.2) is 48.5 Å². The smallest absolute Gasteiger partial charge is 0.248 e. The van der Waals surface area contributed by atoms with E-state index in [1.54, 1.807) is 18.2 Å². The number of carbonyl (C=O) groups excluding carboxylic acids is 1. The summed E-state index contributed by atoms with van der Waals surface area (Å²) in [7, 11) is 0. The van der Waals surface area contributed by atoms with Crippen LogP contribution in [0.3, 0.4) is 0 Å². The zero-order valence-corrected chi connectivity index (χ0v) is 12.9. The first-order valence-corrected chi connectivity index (χ1v) is 7.27. The molecule has 0 saturated carbocycles. The quantitative estimate of drug-likeness (QED) is 0.867. The number of carbonyl (C=O) groups is 1. The van der Waals surface area contributed by atoms with E-state index in [4.69, 9.17) is 17.3 Å². The Morgan fingerprint density at radius 3 is 2.38 bits per heavy atom. The first-order chi connectivity index (χ1) is 9.99. The van der Waals surface area contributed by atoms with E-state index in [9.17, 15) is 4.79 Å². The number of halogens is 1. The molecule has 0 aromatic heterocycles. The molecule has 1 atom stereocenters. The summed E-state index contributed by atoms with van der Waals surface area (Å²) >= 11 is 6.22. The van der Waals surface area contributed by atoms with Gasteiger partial charge in [0, 0.05) is 5.56 Å². The molecule has 0 radical (unpaired) electrons. The molecule has 2 aromatic carbocycles. The summed E-state index contributed by atoms with van der Waals surface area (Å²) in [4.78, 5) is 11.3. The van der Waals surface area contributed by atoms with Crippen LogP contribution in [0, 0.1) is 5.92 Å². The highest BCUT2D eigenvalue weighted by atomic mass is 35.5.